The Bertz CT molecular complexity index is 5980. The van der Waals surface area contributed by atoms with Crippen LogP contribution in [0.2, 0.25) is 0 Å². The molecule has 0 bridgehead atoms. The summed E-state index contributed by atoms with van der Waals surface area (Å²) in [6.45, 7) is 12.7. The molecule has 0 unspecified atom stereocenters. The van der Waals surface area contributed by atoms with Crippen molar-refractivity contribution in [3.63, 3.8) is 0 Å². The van der Waals surface area contributed by atoms with E-state index < -0.39 is 0 Å². The van der Waals surface area contributed by atoms with E-state index in [1.807, 2.05) is 188 Å². The van der Waals surface area contributed by atoms with Gasteiger partial charge in [-0.05, 0) is 133 Å². The zero-order chi connectivity index (χ0) is 79.9. The zero-order valence-corrected chi connectivity index (χ0v) is 77.9. The molecule has 0 fully saturated rings. The van der Waals surface area contributed by atoms with E-state index in [-0.39, 0.29) is 135 Å². The van der Waals surface area contributed by atoms with Gasteiger partial charge in [0, 0.05) is 125 Å². The quantitative estimate of drug-likeness (QED) is 0.0712. The number of aromatic nitrogens is 5. The third-order valence-corrected chi connectivity index (χ3v) is 16.8. The minimum atomic E-state index is -0.125. The molecule has 16 heteroatoms. The van der Waals surface area contributed by atoms with Crippen LogP contribution in [0.5, 0.6) is 0 Å². The van der Waals surface area contributed by atoms with Crippen LogP contribution in [0, 0.1) is 44.2 Å². The summed E-state index contributed by atoms with van der Waals surface area (Å²) in [5.74, 6) is -0.187. The number of hydrogen-bond donors (Lipinski definition) is 3. The summed E-state index contributed by atoms with van der Waals surface area (Å²) in [5.41, 5.74) is 18.9. The van der Waals surface area contributed by atoms with Gasteiger partial charge in [-0.1, -0.05) is 231 Å². The van der Waals surface area contributed by atoms with Crippen molar-refractivity contribution in [2.75, 3.05) is 0 Å². The molecular formula is C102H84Ir5N5O6-5. The van der Waals surface area contributed by atoms with Gasteiger partial charge in [-0.3, -0.25) is 34.3 Å². The van der Waals surface area contributed by atoms with Gasteiger partial charge in [-0.2, -0.15) is 0 Å². The molecule has 118 heavy (non-hydrogen) atoms. The van der Waals surface area contributed by atoms with E-state index in [2.05, 4.69) is 194 Å². The molecule has 12 aromatic carbocycles. The van der Waals surface area contributed by atoms with Crippen LogP contribution in [-0.4, -0.2) is 57.6 Å². The number of aliphatic hydroxyl groups excluding tert-OH is 3. The molecule has 0 atom stereocenters. The van der Waals surface area contributed by atoms with Gasteiger partial charge in [0.2, 0.25) is 0 Å². The smallest absolute Gasteiger partial charge is 0.155 e. The second-order valence-corrected chi connectivity index (χ2v) is 26.3. The van der Waals surface area contributed by atoms with Crippen LogP contribution in [0.4, 0.5) is 0 Å². The van der Waals surface area contributed by atoms with Crippen molar-refractivity contribution in [1.82, 2.24) is 24.9 Å². The molecule has 0 saturated carbocycles. The number of ketones is 3. The van der Waals surface area contributed by atoms with Gasteiger partial charge >= 0.3 is 0 Å². The van der Waals surface area contributed by atoms with E-state index in [1.165, 1.54) is 109 Å². The van der Waals surface area contributed by atoms with E-state index in [1.54, 1.807) is 0 Å². The van der Waals surface area contributed by atoms with Crippen molar-refractivity contribution in [2.45, 2.75) is 55.4 Å². The molecule has 603 valence electrons. The fourth-order valence-electron chi connectivity index (χ4n) is 11.9. The van der Waals surface area contributed by atoms with Crippen LogP contribution < -0.4 is 0 Å². The molecule has 0 amide bonds. The normalized spacial score (nSPS) is 10.4. The molecule has 0 saturated heterocycles. The minimum absolute atomic E-state index is 0. The van der Waals surface area contributed by atoms with E-state index >= 15 is 0 Å². The molecule has 0 spiro atoms. The summed E-state index contributed by atoms with van der Waals surface area (Å²) < 4.78 is 0. The van der Waals surface area contributed by atoms with Crippen molar-refractivity contribution >= 4 is 82.5 Å². The number of carbonyl (C=O) groups is 3. The Kier molecular flexibility index (Phi) is 41.6. The summed E-state index contributed by atoms with van der Waals surface area (Å²) in [4.78, 5) is 53.2. The number of aliphatic hydroxyl groups is 3. The monoisotopic (exact) mass is 2440 g/mol. The maximum absolute atomic E-state index is 10.0. The van der Waals surface area contributed by atoms with Crippen molar-refractivity contribution in [3.05, 3.63) is 405 Å². The first-order valence-corrected chi connectivity index (χ1v) is 36.6. The molecule has 0 aliphatic carbocycles. The minimum Gasteiger partial charge on any atom is -0.512 e. The van der Waals surface area contributed by atoms with Crippen LogP contribution >= 0.6 is 0 Å². The predicted molar refractivity (Wildman–Crippen MR) is 464 cm³/mol. The summed E-state index contributed by atoms with van der Waals surface area (Å²) in [7, 11) is 0. The topological polar surface area (TPSA) is 176 Å². The van der Waals surface area contributed by atoms with Crippen molar-refractivity contribution in [3.8, 4) is 67.4 Å². The van der Waals surface area contributed by atoms with Crippen molar-refractivity contribution in [1.29, 1.82) is 0 Å². The maximum Gasteiger partial charge on any atom is 0.155 e. The number of pyridine rings is 5. The molecule has 17 aromatic rings. The Morgan fingerprint density at radius 1 is 0.305 bits per heavy atom. The predicted octanol–water partition coefficient (Wildman–Crippen LogP) is 25.0. The number of para-hydroxylation sites is 4. The fraction of sp³-hybridized carbons (Fsp3) is 0.0784. The van der Waals surface area contributed by atoms with Gasteiger partial charge in [0.25, 0.3) is 0 Å². The first-order valence-electron chi connectivity index (χ1n) is 36.6. The first kappa shape index (κ1) is 97.4. The number of allylic oxidation sites excluding steroid dienone is 6. The summed E-state index contributed by atoms with van der Waals surface area (Å²) in [6, 6.07) is 125. The van der Waals surface area contributed by atoms with Crippen LogP contribution in [0.1, 0.15) is 52.7 Å². The van der Waals surface area contributed by atoms with E-state index in [0.717, 1.165) is 94.7 Å². The van der Waals surface area contributed by atoms with Crippen LogP contribution in [0.3, 0.4) is 0 Å². The number of carbonyl (C=O) groups excluding carboxylic acids is 3. The van der Waals surface area contributed by atoms with Gasteiger partial charge in [-0.15, -0.1) is 166 Å². The standard InChI is InChI=1S/C21H14N.C19H12N.C17H14N.2C15H10N.3C5H8O2.5Ir/c1-2-6-16(7-3-1)17-10-12-19(13-11-17)21-15-14-18-8-4-5-9-20(18)22-21;1-2-7-16-13-17(10-9-14(16)5-1)19-12-11-15-6-3-4-8-18(15)20-19;1-12-9-13(2)11-15(10-12)17-8-7-14-5-3-4-6-16(14)18-17;1-2-7-13(8-3-1)15-14-9-5-4-6-12(14)10-11-16-15;1-2-6-12(7-3-1)15-11-10-13-8-4-5-9-14(13)16-15;3*1-4(6)3-5(2)7;;;;;/h1-12,14-15H;1-9,11-13H;3-10H,1-2H3;1-7,9-11H;1-6,8-11H;3*3,6H,1-2H3;;;;;/q5*-1;;;;;;;;. The summed E-state index contributed by atoms with van der Waals surface area (Å²) in [6.07, 6.45) is 5.35. The molecule has 5 aromatic heterocycles. The fourth-order valence-corrected chi connectivity index (χ4v) is 11.9. The summed E-state index contributed by atoms with van der Waals surface area (Å²) in [5, 5.41) is 34.6. The second kappa shape index (κ2) is 50.4. The molecule has 0 aliphatic rings. The summed E-state index contributed by atoms with van der Waals surface area (Å²) >= 11 is 0. The first-order chi connectivity index (χ1) is 54.8. The third-order valence-electron chi connectivity index (χ3n) is 16.8. The van der Waals surface area contributed by atoms with Gasteiger partial charge < -0.3 is 20.3 Å². The second-order valence-electron chi connectivity index (χ2n) is 26.3. The van der Waals surface area contributed by atoms with Crippen LogP contribution in [0.25, 0.3) is 133 Å². The number of aryl methyl sites for hydroxylation is 2. The van der Waals surface area contributed by atoms with Crippen LogP contribution in [0.15, 0.2) is 363 Å². The van der Waals surface area contributed by atoms with Gasteiger partial charge in [-0.25, -0.2) is 0 Å². The Morgan fingerprint density at radius 3 is 1.08 bits per heavy atom. The Hall–Kier alpha value is -11.2. The molecule has 0 aliphatic heterocycles. The zero-order valence-electron chi connectivity index (χ0n) is 65.9. The van der Waals surface area contributed by atoms with E-state index in [0.29, 0.717) is 0 Å². The number of rotatable bonds is 9. The number of fused-ring (bicyclic) bond motifs is 6. The van der Waals surface area contributed by atoms with Gasteiger partial charge in [0.05, 0.1) is 39.3 Å². The van der Waals surface area contributed by atoms with E-state index in [9.17, 15) is 14.4 Å². The molecular weight excluding hydrogens is 2350 g/mol. The van der Waals surface area contributed by atoms with Crippen molar-refractivity contribution < 1.29 is 130 Å². The maximum atomic E-state index is 10.0. The SMILES string of the molecule is CC(=O)C=C(C)O.CC(=O)C=C(C)O.CC(=O)C=C(C)O.Cc1[c-]c(-c2ccc3ccccc3n2)cc(C)c1.[Ir].[Ir].[Ir].[Ir].[Ir].[c-]1cc(-c2ccccc2)ccc1-c1ccc2ccccc2n1.[c-]1cc2ccccc2cc1-c1ccc2ccccc2n1.[c-]1ccccc1-c1ccc2ccccc2n1.[c-]1ccccc1-c1nccc2ccccc12. The molecule has 3 N–H and O–H groups in total. The third kappa shape index (κ3) is 30.7. The number of benzene rings is 12. The van der Waals surface area contributed by atoms with Crippen molar-refractivity contribution in [2.24, 2.45) is 0 Å². The average molecular weight is 2440 g/mol. The average Bonchev–Trinajstić information content (AvgIpc) is 0.934. The number of nitrogens with zero attached hydrogens (tertiary/aromatic N) is 5. The number of hydrogen-bond acceptors (Lipinski definition) is 11. The van der Waals surface area contributed by atoms with E-state index in [4.69, 9.17) is 30.3 Å². The molecule has 11 nitrogen and oxygen atoms in total. The molecule has 5 heterocycles. The van der Waals surface area contributed by atoms with Gasteiger partial charge in [0.1, 0.15) is 0 Å². The molecule has 17 rings (SSSR count). The largest absolute Gasteiger partial charge is 0.512 e. The van der Waals surface area contributed by atoms with Crippen LogP contribution in [-0.2, 0) is 115 Å². The Balaban J connectivity index is 0.000000246. The Morgan fingerprint density at radius 2 is 0.678 bits per heavy atom. The molecule has 5 radical (unpaired) electrons. The Labute approximate surface area is 758 Å². The van der Waals surface area contributed by atoms with Gasteiger partial charge in [0.15, 0.2) is 17.3 Å².